The van der Waals surface area contributed by atoms with Gasteiger partial charge in [0.15, 0.2) is 5.82 Å². The zero-order chi connectivity index (χ0) is 13.0. The summed E-state index contributed by atoms with van der Waals surface area (Å²) in [7, 11) is 0. The van der Waals surface area contributed by atoms with Crippen LogP contribution in [0.5, 0.6) is 0 Å². The molecule has 94 valence electrons. The number of hydrogen-bond donors (Lipinski definition) is 1. The van der Waals surface area contributed by atoms with Crippen LogP contribution in [0.3, 0.4) is 0 Å². The number of halogens is 3. The second-order valence-electron chi connectivity index (χ2n) is 3.15. The summed E-state index contributed by atoms with van der Waals surface area (Å²) in [4.78, 5) is 23.9. The molecule has 1 rings (SSSR count). The van der Waals surface area contributed by atoms with Crippen LogP contribution >= 0.6 is 0 Å². The normalized spacial score (nSPS) is 10.6. The SMILES string of the molecule is CCOC(=O)Cc1c(C(F)F)c[nH]c(=O)c1F. The minimum absolute atomic E-state index is 0.0493. The van der Waals surface area contributed by atoms with Crippen LogP contribution in [0.1, 0.15) is 24.5 Å². The third kappa shape index (κ3) is 3.08. The maximum Gasteiger partial charge on any atom is 0.310 e. The van der Waals surface area contributed by atoms with Gasteiger partial charge in [-0.1, -0.05) is 0 Å². The molecule has 17 heavy (non-hydrogen) atoms. The predicted octanol–water partition coefficient (Wildman–Crippen LogP) is 1.56. The topological polar surface area (TPSA) is 59.2 Å². The lowest BCUT2D eigenvalue weighted by Crippen LogP contribution is -2.19. The van der Waals surface area contributed by atoms with Gasteiger partial charge in [-0.25, -0.2) is 13.2 Å². The first kappa shape index (κ1) is 13.3. The number of rotatable bonds is 4. The van der Waals surface area contributed by atoms with Gasteiger partial charge in [0.05, 0.1) is 13.0 Å². The van der Waals surface area contributed by atoms with E-state index in [1.807, 2.05) is 4.98 Å². The summed E-state index contributed by atoms with van der Waals surface area (Å²) >= 11 is 0. The van der Waals surface area contributed by atoms with E-state index in [2.05, 4.69) is 4.74 Å². The summed E-state index contributed by atoms with van der Waals surface area (Å²) in [5.41, 5.74) is -2.48. The average Bonchev–Trinajstić information content (AvgIpc) is 2.25. The van der Waals surface area contributed by atoms with Crippen LogP contribution in [0.4, 0.5) is 13.2 Å². The fourth-order valence-corrected chi connectivity index (χ4v) is 1.29. The molecule has 0 atom stereocenters. The molecule has 0 unspecified atom stereocenters. The Balaban J connectivity index is 3.15. The van der Waals surface area contributed by atoms with Crippen LogP contribution in [0.25, 0.3) is 0 Å². The van der Waals surface area contributed by atoms with E-state index < -0.39 is 41.3 Å². The molecule has 0 amide bonds. The highest BCUT2D eigenvalue weighted by molar-refractivity contribution is 5.73. The van der Waals surface area contributed by atoms with E-state index in [9.17, 15) is 22.8 Å². The second kappa shape index (κ2) is 5.51. The number of carbonyl (C=O) groups is 1. The van der Waals surface area contributed by atoms with Crippen molar-refractivity contribution >= 4 is 5.97 Å². The van der Waals surface area contributed by atoms with E-state index in [-0.39, 0.29) is 6.61 Å². The average molecular weight is 249 g/mol. The summed E-state index contributed by atoms with van der Waals surface area (Å²) in [6, 6.07) is 0. The standard InChI is InChI=1S/C10H10F3NO3/c1-2-17-7(15)3-5-6(9(12)13)4-14-10(16)8(5)11/h4,9H,2-3H2,1H3,(H,14,16). The summed E-state index contributed by atoms with van der Waals surface area (Å²) < 4.78 is 42.9. The fourth-order valence-electron chi connectivity index (χ4n) is 1.29. The number of alkyl halides is 2. The number of aromatic nitrogens is 1. The zero-order valence-corrected chi connectivity index (χ0v) is 8.93. The van der Waals surface area contributed by atoms with Crippen molar-refractivity contribution in [1.82, 2.24) is 4.98 Å². The number of aromatic amines is 1. The van der Waals surface area contributed by atoms with Gasteiger partial charge >= 0.3 is 5.97 Å². The molecule has 1 heterocycles. The van der Waals surface area contributed by atoms with Gasteiger partial charge in [0, 0.05) is 17.3 Å². The van der Waals surface area contributed by atoms with Crippen molar-refractivity contribution in [2.75, 3.05) is 6.61 Å². The summed E-state index contributed by atoms with van der Waals surface area (Å²) in [6.07, 6.45) is -2.97. The molecule has 1 aromatic heterocycles. The minimum Gasteiger partial charge on any atom is -0.466 e. The lowest BCUT2D eigenvalue weighted by molar-refractivity contribution is -0.142. The van der Waals surface area contributed by atoms with Gasteiger partial charge in [-0.2, -0.15) is 0 Å². The van der Waals surface area contributed by atoms with Gasteiger partial charge in [-0.3, -0.25) is 9.59 Å². The van der Waals surface area contributed by atoms with Crippen molar-refractivity contribution in [3.8, 4) is 0 Å². The summed E-state index contributed by atoms with van der Waals surface area (Å²) in [6.45, 7) is 1.58. The maximum atomic E-state index is 13.3. The molecule has 0 bridgehead atoms. The Morgan fingerprint density at radius 1 is 1.53 bits per heavy atom. The maximum absolute atomic E-state index is 13.3. The molecule has 7 heteroatoms. The van der Waals surface area contributed by atoms with Gasteiger partial charge in [-0.05, 0) is 6.92 Å². The number of pyridine rings is 1. The molecule has 0 saturated heterocycles. The summed E-state index contributed by atoms with van der Waals surface area (Å²) in [5, 5.41) is 0. The lowest BCUT2D eigenvalue weighted by atomic mass is 10.1. The second-order valence-corrected chi connectivity index (χ2v) is 3.15. The van der Waals surface area contributed by atoms with E-state index in [0.717, 1.165) is 0 Å². The molecule has 0 radical (unpaired) electrons. The molecule has 1 aromatic rings. The number of esters is 1. The largest absolute Gasteiger partial charge is 0.466 e. The van der Waals surface area contributed by atoms with Crippen molar-refractivity contribution in [1.29, 1.82) is 0 Å². The zero-order valence-electron chi connectivity index (χ0n) is 8.93. The molecule has 0 saturated carbocycles. The van der Waals surface area contributed by atoms with Gasteiger partial charge in [0.25, 0.3) is 12.0 Å². The Labute approximate surface area is 94.4 Å². The van der Waals surface area contributed by atoms with Gasteiger partial charge in [-0.15, -0.1) is 0 Å². The number of H-pyrrole nitrogens is 1. The van der Waals surface area contributed by atoms with E-state index >= 15 is 0 Å². The Bertz CT molecular complexity index is 470. The van der Waals surface area contributed by atoms with Crippen molar-refractivity contribution in [2.24, 2.45) is 0 Å². The Morgan fingerprint density at radius 2 is 2.18 bits per heavy atom. The van der Waals surface area contributed by atoms with Crippen molar-refractivity contribution in [3.05, 3.63) is 33.5 Å². The molecular formula is C10H10F3NO3. The molecule has 0 aromatic carbocycles. The Kier molecular flexibility index (Phi) is 4.30. The Hall–Kier alpha value is -1.79. The van der Waals surface area contributed by atoms with E-state index in [1.54, 1.807) is 0 Å². The van der Waals surface area contributed by atoms with Crippen molar-refractivity contribution in [2.45, 2.75) is 19.8 Å². The summed E-state index contributed by atoms with van der Waals surface area (Å²) in [5.74, 6) is -2.24. The van der Waals surface area contributed by atoms with Crippen LogP contribution in [0.2, 0.25) is 0 Å². The smallest absolute Gasteiger partial charge is 0.310 e. The van der Waals surface area contributed by atoms with Crippen LogP contribution in [0, 0.1) is 5.82 Å². The van der Waals surface area contributed by atoms with Crippen LogP contribution in [-0.4, -0.2) is 17.6 Å². The highest BCUT2D eigenvalue weighted by Gasteiger charge is 2.21. The quantitative estimate of drug-likeness (QED) is 0.824. The minimum atomic E-state index is -2.98. The highest BCUT2D eigenvalue weighted by Crippen LogP contribution is 2.23. The molecular weight excluding hydrogens is 239 g/mol. The fraction of sp³-hybridized carbons (Fsp3) is 0.400. The third-order valence-electron chi connectivity index (χ3n) is 2.03. The highest BCUT2D eigenvalue weighted by atomic mass is 19.3. The monoisotopic (exact) mass is 249 g/mol. The number of ether oxygens (including phenoxy) is 1. The van der Waals surface area contributed by atoms with Crippen LogP contribution in [0.15, 0.2) is 11.0 Å². The number of nitrogens with one attached hydrogen (secondary N) is 1. The van der Waals surface area contributed by atoms with Crippen LogP contribution in [-0.2, 0) is 16.0 Å². The van der Waals surface area contributed by atoms with Gasteiger partial charge in [0.2, 0.25) is 0 Å². The molecule has 0 aliphatic heterocycles. The lowest BCUT2D eigenvalue weighted by Gasteiger charge is -2.08. The van der Waals surface area contributed by atoms with Crippen molar-refractivity contribution in [3.63, 3.8) is 0 Å². The first-order chi connectivity index (χ1) is 7.97. The molecule has 1 N–H and O–H groups in total. The molecule has 0 spiro atoms. The van der Waals surface area contributed by atoms with E-state index in [4.69, 9.17) is 0 Å². The molecule has 0 aliphatic carbocycles. The third-order valence-corrected chi connectivity index (χ3v) is 2.03. The van der Waals surface area contributed by atoms with Crippen molar-refractivity contribution < 1.29 is 22.7 Å². The molecule has 4 nitrogen and oxygen atoms in total. The first-order valence-electron chi connectivity index (χ1n) is 4.81. The number of carbonyl (C=O) groups excluding carboxylic acids is 1. The van der Waals surface area contributed by atoms with E-state index in [1.165, 1.54) is 6.92 Å². The van der Waals surface area contributed by atoms with Crippen LogP contribution < -0.4 is 5.56 Å². The molecule has 0 aliphatic rings. The Morgan fingerprint density at radius 3 is 2.71 bits per heavy atom. The predicted molar refractivity (Wildman–Crippen MR) is 52.3 cm³/mol. The van der Waals surface area contributed by atoms with Gasteiger partial charge < -0.3 is 9.72 Å². The molecule has 0 fully saturated rings. The van der Waals surface area contributed by atoms with Gasteiger partial charge in [0.1, 0.15) is 0 Å². The first-order valence-corrected chi connectivity index (χ1v) is 4.81. The number of hydrogen-bond acceptors (Lipinski definition) is 3. The van der Waals surface area contributed by atoms with E-state index in [0.29, 0.717) is 6.20 Å².